The molecule has 1 aliphatic heterocycles. The first-order valence-electron chi connectivity index (χ1n) is 9.32. The van der Waals surface area contributed by atoms with Crippen molar-refractivity contribution in [3.63, 3.8) is 0 Å². The minimum atomic E-state index is -0.0396. The molecule has 0 saturated carbocycles. The van der Waals surface area contributed by atoms with E-state index in [2.05, 4.69) is 25.0 Å². The number of benzene rings is 1. The second-order valence-electron chi connectivity index (χ2n) is 7.21. The van der Waals surface area contributed by atoms with Crippen LogP contribution in [-0.4, -0.2) is 55.2 Å². The molecule has 0 aliphatic carbocycles. The molecule has 1 fully saturated rings. The maximum Gasteiger partial charge on any atom is 0.262 e. The zero-order valence-corrected chi connectivity index (χ0v) is 16.7. The third-order valence-electron chi connectivity index (χ3n) is 5.37. The van der Waals surface area contributed by atoms with E-state index in [0.717, 1.165) is 48.2 Å². The van der Waals surface area contributed by atoms with E-state index < -0.39 is 0 Å². The molecule has 3 aromatic heterocycles. The van der Waals surface area contributed by atoms with Crippen molar-refractivity contribution in [2.75, 3.05) is 31.1 Å². The van der Waals surface area contributed by atoms with Gasteiger partial charge in [-0.15, -0.1) is 21.5 Å². The molecule has 1 aliphatic rings. The van der Waals surface area contributed by atoms with E-state index in [0.29, 0.717) is 17.7 Å². The predicted octanol–water partition coefficient (Wildman–Crippen LogP) is 1.67. The van der Waals surface area contributed by atoms with Crippen LogP contribution < -0.4 is 10.5 Å². The Labute approximate surface area is 165 Å². The van der Waals surface area contributed by atoms with Crippen molar-refractivity contribution in [1.29, 1.82) is 0 Å². The van der Waals surface area contributed by atoms with E-state index in [9.17, 15) is 4.79 Å². The Balaban J connectivity index is 1.47. The highest BCUT2D eigenvalue weighted by Crippen LogP contribution is 2.20. The molecule has 1 aromatic carbocycles. The second kappa shape index (κ2) is 6.68. The smallest absolute Gasteiger partial charge is 0.262 e. The minimum Gasteiger partial charge on any atom is -0.346 e. The van der Waals surface area contributed by atoms with Crippen LogP contribution in [0.4, 0.5) is 5.13 Å². The topological polar surface area (TPSA) is 71.6 Å². The van der Waals surface area contributed by atoms with Crippen molar-refractivity contribution in [2.45, 2.75) is 13.5 Å². The first-order chi connectivity index (χ1) is 13.6. The lowest BCUT2D eigenvalue weighted by atomic mass is 10.1. The number of rotatable bonds is 3. The Kier molecular flexibility index (Phi) is 4.13. The van der Waals surface area contributed by atoms with Crippen LogP contribution in [0.25, 0.3) is 16.7 Å². The lowest BCUT2D eigenvalue weighted by Gasteiger charge is -2.34. The quantitative estimate of drug-likeness (QED) is 0.526. The van der Waals surface area contributed by atoms with Crippen LogP contribution in [0.3, 0.4) is 0 Å². The Bertz CT molecular complexity index is 1200. The number of hydrogen-bond donors (Lipinski definition) is 0. The summed E-state index contributed by atoms with van der Waals surface area (Å²) < 4.78 is 3.60. The Morgan fingerprint density at radius 1 is 1.14 bits per heavy atom. The Morgan fingerprint density at radius 3 is 2.71 bits per heavy atom. The van der Waals surface area contributed by atoms with Gasteiger partial charge in [-0.3, -0.25) is 18.7 Å². The molecular formula is C19H21N7OS. The van der Waals surface area contributed by atoms with Gasteiger partial charge in [0.05, 0.1) is 17.4 Å². The van der Waals surface area contributed by atoms with Crippen molar-refractivity contribution < 1.29 is 0 Å². The summed E-state index contributed by atoms with van der Waals surface area (Å²) in [7, 11) is 1.75. The summed E-state index contributed by atoms with van der Waals surface area (Å²) in [5, 5.41) is 12.5. The Hall–Kier alpha value is -2.78. The van der Waals surface area contributed by atoms with Gasteiger partial charge in [0.2, 0.25) is 5.78 Å². The summed E-state index contributed by atoms with van der Waals surface area (Å²) >= 11 is 1.68. The molecule has 5 rings (SSSR count). The number of fused-ring (bicyclic) bond motifs is 3. The monoisotopic (exact) mass is 395 g/mol. The van der Waals surface area contributed by atoms with Gasteiger partial charge in [-0.05, 0) is 19.1 Å². The molecule has 0 N–H and O–H groups in total. The SMILES string of the molecule is Cc1ccc2c(c1)c(=O)n(C)c1nnc(CN3CCN(c4nccs4)CC3)n21. The average molecular weight is 395 g/mol. The highest BCUT2D eigenvalue weighted by atomic mass is 32.1. The molecular weight excluding hydrogens is 374 g/mol. The number of piperazine rings is 1. The summed E-state index contributed by atoms with van der Waals surface area (Å²) in [4.78, 5) is 21.8. The third kappa shape index (κ3) is 2.78. The van der Waals surface area contributed by atoms with Crippen LogP contribution in [0.15, 0.2) is 34.6 Å². The number of aromatic nitrogens is 5. The zero-order chi connectivity index (χ0) is 19.3. The van der Waals surface area contributed by atoms with Crippen LogP contribution in [0.1, 0.15) is 11.4 Å². The van der Waals surface area contributed by atoms with Crippen LogP contribution in [-0.2, 0) is 13.6 Å². The van der Waals surface area contributed by atoms with Crippen molar-refractivity contribution in [1.82, 2.24) is 29.0 Å². The molecule has 144 valence electrons. The molecule has 0 spiro atoms. The molecule has 4 aromatic rings. The number of hydrogen-bond acceptors (Lipinski definition) is 7. The number of nitrogens with zero attached hydrogens (tertiary/aromatic N) is 7. The molecule has 28 heavy (non-hydrogen) atoms. The number of aryl methyl sites for hydroxylation is 2. The molecule has 0 unspecified atom stereocenters. The van der Waals surface area contributed by atoms with Crippen molar-refractivity contribution in [2.24, 2.45) is 7.05 Å². The normalized spacial score (nSPS) is 15.7. The fourth-order valence-corrected chi connectivity index (χ4v) is 4.53. The summed E-state index contributed by atoms with van der Waals surface area (Å²) in [5.74, 6) is 1.44. The maximum absolute atomic E-state index is 12.7. The zero-order valence-electron chi connectivity index (χ0n) is 15.9. The first kappa shape index (κ1) is 17.3. The number of thiazole rings is 1. The van der Waals surface area contributed by atoms with Gasteiger partial charge in [0.25, 0.3) is 5.56 Å². The highest BCUT2D eigenvalue weighted by molar-refractivity contribution is 7.13. The van der Waals surface area contributed by atoms with E-state index in [-0.39, 0.29) is 5.56 Å². The van der Waals surface area contributed by atoms with E-state index >= 15 is 0 Å². The van der Waals surface area contributed by atoms with Crippen LogP contribution in [0.5, 0.6) is 0 Å². The maximum atomic E-state index is 12.7. The summed E-state index contributed by atoms with van der Waals surface area (Å²) in [6, 6.07) is 5.96. The van der Waals surface area contributed by atoms with Gasteiger partial charge in [0.1, 0.15) is 0 Å². The van der Waals surface area contributed by atoms with Crippen LogP contribution in [0.2, 0.25) is 0 Å². The van der Waals surface area contributed by atoms with Gasteiger partial charge in [0.15, 0.2) is 11.0 Å². The van der Waals surface area contributed by atoms with Gasteiger partial charge in [-0.1, -0.05) is 11.6 Å². The molecule has 8 nitrogen and oxygen atoms in total. The van der Waals surface area contributed by atoms with E-state index in [1.54, 1.807) is 23.0 Å². The van der Waals surface area contributed by atoms with E-state index in [1.807, 2.05) is 41.1 Å². The largest absolute Gasteiger partial charge is 0.346 e. The van der Waals surface area contributed by atoms with Gasteiger partial charge in [0, 0.05) is 44.8 Å². The molecule has 0 atom stereocenters. The summed E-state index contributed by atoms with van der Waals surface area (Å²) in [6.07, 6.45) is 1.85. The fraction of sp³-hybridized carbons (Fsp3) is 0.368. The summed E-state index contributed by atoms with van der Waals surface area (Å²) in [5.41, 5.74) is 1.89. The van der Waals surface area contributed by atoms with Crippen LogP contribution in [0, 0.1) is 6.92 Å². The summed E-state index contributed by atoms with van der Waals surface area (Å²) in [6.45, 7) is 6.48. The molecule has 0 radical (unpaired) electrons. The molecule has 1 saturated heterocycles. The van der Waals surface area contributed by atoms with Gasteiger partial charge in [-0.2, -0.15) is 0 Å². The molecule has 0 bridgehead atoms. The first-order valence-corrected chi connectivity index (χ1v) is 10.2. The standard InChI is InChI=1S/C19H21N7OS/c1-13-3-4-15-14(11-13)17(27)23(2)18-22-21-16(26(15)18)12-24-6-8-25(9-7-24)19-20-5-10-28-19/h3-5,10-11H,6-9,12H2,1-2H3. The molecule has 4 heterocycles. The van der Waals surface area contributed by atoms with E-state index in [4.69, 9.17) is 0 Å². The second-order valence-corrected chi connectivity index (χ2v) is 8.09. The van der Waals surface area contributed by atoms with Crippen LogP contribution >= 0.6 is 11.3 Å². The van der Waals surface area contributed by atoms with Gasteiger partial charge < -0.3 is 4.90 Å². The predicted molar refractivity (Wildman–Crippen MR) is 110 cm³/mol. The Morgan fingerprint density at radius 2 is 1.96 bits per heavy atom. The van der Waals surface area contributed by atoms with E-state index in [1.165, 1.54) is 0 Å². The van der Waals surface area contributed by atoms with Crippen molar-refractivity contribution in [3.8, 4) is 0 Å². The number of anilines is 1. The van der Waals surface area contributed by atoms with Gasteiger partial charge >= 0.3 is 0 Å². The van der Waals surface area contributed by atoms with Gasteiger partial charge in [-0.25, -0.2) is 4.98 Å². The molecule has 9 heteroatoms. The third-order valence-corrected chi connectivity index (χ3v) is 6.20. The van der Waals surface area contributed by atoms with Crippen molar-refractivity contribution in [3.05, 3.63) is 51.5 Å². The highest BCUT2D eigenvalue weighted by Gasteiger charge is 2.22. The lowest BCUT2D eigenvalue weighted by Crippen LogP contribution is -2.46. The average Bonchev–Trinajstić information content (AvgIpc) is 3.37. The van der Waals surface area contributed by atoms with Crippen molar-refractivity contribution >= 4 is 33.1 Å². The lowest BCUT2D eigenvalue weighted by molar-refractivity contribution is 0.243. The minimum absolute atomic E-state index is 0.0396. The fourth-order valence-electron chi connectivity index (χ4n) is 3.83. The molecule has 0 amide bonds.